The van der Waals surface area contributed by atoms with Crippen molar-refractivity contribution in [1.29, 1.82) is 0 Å². The standard InChI is InChI=1S/C14H21N5/c1-3-19-14-6-4-5-13(12(14)9-17-19)15-7-11-8-16-18-10(11)2/h8-9,13,15H,3-7H2,1-2H3,(H,16,18)/t13-/m1/s1. The first kappa shape index (κ1) is 12.4. The van der Waals surface area contributed by atoms with E-state index in [1.54, 1.807) is 0 Å². The van der Waals surface area contributed by atoms with Crippen LogP contribution in [0.5, 0.6) is 0 Å². The summed E-state index contributed by atoms with van der Waals surface area (Å²) in [5.74, 6) is 0. The Balaban J connectivity index is 1.73. The number of hydrogen-bond acceptors (Lipinski definition) is 3. The van der Waals surface area contributed by atoms with Crippen molar-refractivity contribution in [2.45, 2.75) is 52.2 Å². The van der Waals surface area contributed by atoms with Gasteiger partial charge in [0.25, 0.3) is 0 Å². The molecular weight excluding hydrogens is 238 g/mol. The molecule has 1 aliphatic carbocycles. The van der Waals surface area contributed by atoms with Crippen LogP contribution in [0.25, 0.3) is 0 Å². The van der Waals surface area contributed by atoms with Crippen molar-refractivity contribution in [1.82, 2.24) is 25.3 Å². The Morgan fingerprint density at radius 3 is 3.11 bits per heavy atom. The second kappa shape index (κ2) is 5.17. The smallest absolute Gasteiger partial charge is 0.0540 e. The molecule has 2 heterocycles. The normalized spacial score (nSPS) is 18.5. The third kappa shape index (κ3) is 2.30. The molecule has 5 heteroatoms. The Kier molecular flexibility index (Phi) is 3.38. The van der Waals surface area contributed by atoms with Crippen molar-refractivity contribution in [2.75, 3.05) is 0 Å². The summed E-state index contributed by atoms with van der Waals surface area (Å²) in [6.07, 6.45) is 7.53. The van der Waals surface area contributed by atoms with Gasteiger partial charge in [-0.3, -0.25) is 9.78 Å². The lowest BCUT2D eigenvalue weighted by molar-refractivity contribution is 0.448. The lowest BCUT2D eigenvalue weighted by Gasteiger charge is -2.24. The molecule has 0 saturated carbocycles. The summed E-state index contributed by atoms with van der Waals surface area (Å²) in [4.78, 5) is 0. The number of nitrogens with zero attached hydrogens (tertiary/aromatic N) is 3. The summed E-state index contributed by atoms with van der Waals surface area (Å²) < 4.78 is 2.13. The van der Waals surface area contributed by atoms with Crippen molar-refractivity contribution < 1.29 is 0 Å². The maximum Gasteiger partial charge on any atom is 0.0540 e. The van der Waals surface area contributed by atoms with Crippen LogP contribution in [-0.4, -0.2) is 20.0 Å². The summed E-state index contributed by atoms with van der Waals surface area (Å²) in [6, 6.07) is 0.429. The molecule has 0 radical (unpaired) electrons. The fourth-order valence-corrected chi connectivity index (χ4v) is 2.89. The van der Waals surface area contributed by atoms with Crippen molar-refractivity contribution >= 4 is 0 Å². The maximum absolute atomic E-state index is 4.49. The van der Waals surface area contributed by atoms with E-state index in [2.05, 4.69) is 39.1 Å². The van der Waals surface area contributed by atoms with Gasteiger partial charge in [0.2, 0.25) is 0 Å². The van der Waals surface area contributed by atoms with Gasteiger partial charge in [0.05, 0.1) is 12.4 Å². The zero-order valence-corrected chi connectivity index (χ0v) is 11.6. The Morgan fingerprint density at radius 2 is 2.37 bits per heavy atom. The van der Waals surface area contributed by atoms with Gasteiger partial charge in [0, 0.05) is 41.6 Å². The molecule has 19 heavy (non-hydrogen) atoms. The fraction of sp³-hybridized carbons (Fsp3) is 0.571. The molecule has 1 aliphatic rings. The van der Waals surface area contributed by atoms with Crippen molar-refractivity contribution in [3.63, 3.8) is 0 Å². The van der Waals surface area contributed by atoms with Gasteiger partial charge < -0.3 is 5.32 Å². The second-order valence-electron chi connectivity index (χ2n) is 5.21. The summed E-state index contributed by atoms with van der Waals surface area (Å²) in [6.45, 7) is 6.04. The quantitative estimate of drug-likeness (QED) is 0.884. The highest BCUT2D eigenvalue weighted by Crippen LogP contribution is 2.29. The third-order valence-corrected chi connectivity index (χ3v) is 4.04. The second-order valence-corrected chi connectivity index (χ2v) is 5.21. The molecule has 2 aromatic rings. The van der Waals surface area contributed by atoms with Crippen LogP contribution in [0.3, 0.4) is 0 Å². The number of H-pyrrole nitrogens is 1. The zero-order chi connectivity index (χ0) is 13.2. The van der Waals surface area contributed by atoms with Crippen molar-refractivity contribution in [3.05, 3.63) is 34.9 Å². The van der Waals surface area contributed by atoms with Gasteiger partial charge in [-0.2, -0.15) is 10.2 Å². The molecular formula is C14H21N5. The Labute approximate surface area is 113 Å². The predicted molar refractivity (Wildman–Crippen MR) is 73.7 cm³/mol. The molecule has 1 atom stereocenters. The van der Waals surface area contributed by atoms with E-state index in [9.17, 15) is 0 Å². The van der Waals surface area contributed by atoms with E-state index in [4.69, 9.17) is 0 Å². The van der Waals surface area contributed by atoms with E-state index in [0.29, 0.717) is 6.04 Å². The number of aromatic nitrogens is 4. The summed E-state index contributed by atoms with van der Waals surface area (Å²) in [5, 5.41) is 15.2. The monoisotopic (exact) mass is 259 g/mol. The van der Waals surface area contributed by atoms with Gasteiger partial charge >= 0.3 is 0 Å². The number of rotatable bonds is 4. The third-order valence-electron chi connectivity index (χ3n) is 4.04. The molecule has 0 aliphatic heterocycles. The van der Waals surface area contributed by atoms with Crippen LogP contribution in [-0.2, 0) is 19.5 Å². The molecule has 102 valence electrons. The average molecular weight is 259 g/mol. The van der Waals surface area contributed by atoms with Gasteiger partial charge in [-0.25, -0.2) is 0 Å². The molecule has 2 N–H and O–H groups in total. The van der Waals surface area contributed by atoms with E-state index in [1.165, 1.54) is 29.7 Å². The van der Waals surface area contributed by atoms with E-state index >= 15 is 0 Å². The van der Waals surface area contributed by atoms with E-state index in [-0.39, 0.29) is 0 Å². The molecule has 0 fully saturated rings. The predicted octanol–water partition coefficient (Wildman–Crippen LogP) is 2.10. The Morgan fingerprint density at radius 1 is 1.47 bits per heavy atom. The lowest BCUT2D eigenvalue weighted by Crippen LogP contribution is -2.25. The molecule has 0 amide bonds. The maximum atomic E-state index is 4.49. The molecule has 0 unspecified atom stereocenters. The Hall–Kier alpha value is -1.62. The fourth-order valence-electron chi connectivity index (χ4n) is 2.89. The molecule has 0 spiro atoms. The van der Waals surface area contributed by atoms with E-state index < -0.39 is 0 Å². The molecule has 3 rings (SSSR count). The van der Waals surface area contributed by atoms with Gasteiger partial charge in [0.15, 0.2) is 0 Å². The van der Waals surface area contributed by atoms with Crippen LogP contribution in [0, 0.1) is 6.92 Å². The van der Waals surface area contributed by atoms with Crippen LogP contribution >= 0.6 is 0 Å². The van der Waals surface area contributed by atoms with Crippen molar-refractivity contribution in [2.24, 2.45) is 0 Å². The van der Waals surface area contributed by atoms with Crippen LogP contribution in [0.4, 0.5) is 0 Å². The largest absolute Gasteiger partial charge is 0.306 e. The highest BCUT2D eigenvalue weighted by Gasteiger charge is 2.23. The minimum atomic E-state index is 0.429. The van der Waals surface area contributed by atoms with Crippen molar-refractivity contribution in [3.8, 4) is 0 Å². The summed E-state index contributed by atoms with van der Waals surface area (Å²) >= 11 is 0. The molecule has 0 aromatic carbocycles. The minimum Gasteiger partial charge on any atom is -0.306 e. The molecule has 0 bridgehead atoms. The summed E-state index contributed by atoms with van der Waals surface area (Å²) in [5.41, 5.74) is 5.19. The summed E-state index contributed by atoms with van der Waals surface area (Å²) in [7, 11) is 0. The van der Waals surface area contributed by atoms with Crippen LogP contribution in [0.2, 0.25) is 0 Å². The van der Waals surface area contributed by atoms with Gasteiger partial charge in [0.1, 0.15) is 0 Å². The van der Waals surface area contributed by atoms with Crippen LogP contribution in [0.1, 0.15) is 48.3 Å². The zero-order valence-electron chi connectivity index (χ0n) is 11.6. The van der Waals surface area contributed by atoms with E-state index in [0.717, 1.165) is 25.2 Å². The molecule has 5 nitrogen and oxygen atoms in total. The number of aryl methyl sites for hydroxylation is 2. The average Bonchev–Trinajstić information content (AvgIpc) is 3.02. The molecule has 0 saturated heterocycles. The minimum absolute atomic E-state index is 0.429. The first-order chi connectivity index (χ1) is 9.29. The number of aromatic amines is 1. The topological polar surface area (TPSA) is 58.5 Å². The van der Waals surface area contributed by atoms with Gasteiger partial charge in [-0.15, -0.1) is 0 Å². The first-order valence-corrected chi connectivity index (χ1v) is 7.06. The highest BCUT2D eigenvalue weighted by molar-refractivity contribution is 5.25. The van der Waals surface area contributed by atoms with Crippen LogP contribution < -0.4 is 5.32 Å². The highest BCUT2D eigenvalue weighted by atomic mass is 15.3. The number of fused-ring (bicyclic) bond motifs is 1. The number of nitrogens with one attached hydrogen (secondary N) is 2. The van der Waals surface area contributed by atoms with Gasteiger partial charge in [-0.05, 0) is 33.1 Å². The lowest BCUT2D eigenvalue weighted by atomic mass is 9.93. The SMILES string of the molecule is CCn1ncc2c1CCC[C@H]2NCc1cn[nH]c1C. The molecule has 2 aromatic heterocycles. The van der Waals surface area contributed by atoms with E-state index in [1.807, 2.05) is 12.4 Å². The first-order valence-electron chi connectivity index (χ1n) is 7.06. The Bertz CT molecular complexity index is 554. The van der Waals surface area contributed by atoms with Crippen LogP contribution in [0.15, 0.2) is 12.4 Å². The number of hydrogen-bond donors (Lipinski definition) is 2. The van der Waals surface area contributed by atoms with Gasteiger partial charge in [-0.1, -0.05) is 0 Å².